The second-order valence-corrected chi connectivity index (χ2v) is 8.50. The first-order valence-corrected chi connectivity index (χ1v) is 11.1. The van der Waals surface area contributed by atoms with Gasteiger partial charge in [-0.3, -0.25) is 4.79 Å². The molecule has 2 amide bonds. The molecule has 32 heavy (non-hydrogen) atoms. The number of benzene rings is 2. The van der Waals surface area contributed by atoms with E-state index in [4.69, 9.17) is 4.74 Å². The molecule has 0 atom stereocenters. The van der Waals surface area contributed by atoms with Crippen LogP contribution in [0.5, 0.6) is 0 Å². The van der Waals surface area contributed by atoms with E-state index in [1.54, 1.807) is 0 Å². The number of carbonyl (C=O) groups is 3. The minimum atomic E-state index is -1.13. The first-order chi connectivity index (χ1) is 15.5. The van der Waals surface area contributed by atoms with Gasteiger partial charge in [-0.25, -0.2) is 9.59 Å². The molecule has 2 aliphatic rings. The van der Waals surface area contributed by atoms with Gasteiger partial charge in [-0.05, 0) is 41.5 Å². The van der Waals surface area contributed by atoms with Gasteiger partial charge in [-0.2, -0.15) is 0 Å². The standard InChI is InChI=1S/C25H28N2O5/c28-22(27-25(23(29)30)13-5-6-14-25)12-7-15-26-24(31)32-16-21-19-10-3-1-8-17(19)18-9-2-4-11-20(18)21/h1-4,8-11,21H,5-7,12-16H2,(H,26,31)(H,27,28)(H,29,30). The largest absolute Gasteiger partial charge is 0.480 e. The van der Waals surface area contributed by atoms with Crippen LogP contribution in [0.15, 0.2) is 48.5 Å². The number of aliphatic carboxylic acids is 1. The molecule has 1 saturated carbocycles. The Morgan fingerprint density at radius 1 is 0.969 bits per heavy atom. The van der Waals surface area contributed by atoms with Crippen molar-refractivity contribution in [2.24, 2.45) is 0 Å². The first kappa shape index (κ1) is 21.9. The first-order valence-electron chi connectivity index (χ1n) is 11.1. The van der Waals surface area contributed by atoms with Crippen LogP contribution in [0.4, 0.5) is 4.79 Å². The Morgan fingerprint density at radius 2 is 1.56 bits per heavy atom. The van der Waals surface area contributed by atoms with Crippen molar-refractivity contribution in [1.29, 1.82) is 0 Å². The van der Waals surface area contributed by atoms with Crippen LogP contribution in [-0.4, -0.2) is 41.8 Å². The van der Waals surface area contributed by atoms with E-state index in [1.165, 1.54) is 11.1 Å². The van der Waals surface area contributed by atoms with Crippen LogP contribution < -0.4 is 10.6 Å². The Bertz CT molecular complexity index is 967. The molecule has 168 valence electrons. The van der Waals surface area contributed by atoms with Gasteiger partial charge in [-0.15, -0.1) is 0 Å². The average Bonchev–Trinajstić information content (AvgIpc) is 3.39. The van der Waals surface area contributed by atoms with Crippen molar-refractivity contribution in [2.75, 3.05) is 13.2 Å². The predicted molar refractivity (Wildman–Crippen MR) is 119 cm³/mol. The number of carboxylic acids is 1. The molecule has 0 radical (unpaired) electrons. The van der Waals surface area contributed by atoms with E-state index in [9.17, 15) is 19.5 Å². The van der Waals surface area contributed by atoms with Crippen LogP contribution in [-0.2, 0) is 14.3 Å². The van der Waals surface area contributed by atoms with Crippen molar-refractivity contribution in [3.05, 3.63) is 59.7 Å². The summed E-state index contributed by atoms with van der Waals surface area (Å²) in [6.07, 6.45) is 2.57. The predicted octanol–water partition coefficient (Wildman–Crippen LogP) is 3.82. The van der Waals surface area contributed by atoms with Crippen LogP contribution in [0.25, 0.3) is 11.1 Å². The zero-order chi connectivity index (χ0) is 22.6. The zero-order valence-electron chi connectivity index (χ0n) is 17.9. The molecule has 7 nitrogen and oxygen atoms in total. The van der Waals surface area contributed by atoms with Gasteiger partial charge < -0.3 is 20.5 Å². The van der Waals surface area contributed by atoms with Gasteiger partial charge in [0.1, 0.15) is 12.1 Å². The number of amides is 2. The number of fused-ring (bicyclic) bond motifs is 3. The molecule has 0 spiro atoms. The topological polar surface area (TPSA) is 105 Å². The molecule has 7 heteroatoms. The lowest BCUT2D eigenvalue weighted by Crippen LogP contribution is -2.52. The Kier molecular flexibility index (Phi) is 6.44. The van der Waals surface area contributed by atoms with Crippen LogP contribution in [0, 0.1) is 0 Å². The quantitative estimate of drug-likeness (QED) is 0.546. The molecule has 0 saturated heterocycles. The molecule has 0 heterocycles. The molecule has 4 rings (SSSR count). The molecule has 0 aromatic heterocycles. The summed E-state index contributed by atoms with van der Waals surface area (Å²) in [6, 6.07) is 16.3. The lowest BCUT2D eigenvalue weighted by atomic mass is 9.97. The van der Waals surface area contributed by atoms with Crippen molar-refractivity contribution in [1.82, 2.24) is 10.6 Å². The van der Waals surface area contributed by atoms with Gasteiger partial charge in [0.05, 0.1) is 0 Å². The van der Waals surface area contributed by atoms with Crippen molar-refractivity contribution < 1.29 is 24.2 Å². The molecule has 0 unspecified atom stereocenters. The number of carbonyl (C=O) groups excluding carboxylic acids is 2. The Labute approximate surface area is 187 Å². The van der Waals surface area contributed by atoms with E-state index in [0.29, 0.717) is 19.3 Å². The van der Waals surface area contributed by atoms with Gasteiger partial charge >= 0.3 is 12.1 Å². The van der Waals surface area contributed by atoms with Crippen molar-refractivity contribution in [3.63, 3.8) is 0 Å². The molecule has 0 bridgehead atoms. The van der Waals surface area contributed by atoms with Gasteiger partial charge in [0.15, 0.2) is 0 Å². The van der Waals surface area contributed by atoms with Crippen molar-refractivity contribution in [3.8, 4) is 11.1 Å². The summed E-state index contributed by atoms with van der Waals surface area (Å²) in [5, 5.41) is 14.8. The second kappa shape index (κ2) is 9.42. The van der Waals surface area contributed by atoms with Crippen LogP contribution in [0.1, 0.15) is 55.6 Å². The van der Waals surface area contributed by atoms with Gasteiger partial charge in [0, 0.05) is 18.9 Å². The second-order valence-electron chi connectivity index (χ2n) is 8.50. The fourth-order valence-electron chi connectivity index (χ4n) is 4.79. The number of carboxylic acid groups (broad SMARTS) is 1. The molecular weight excluding hydrogens is 408 g/mol. The smallest absolute Gasteiger partial charge is 0.407 e. The van der Waals surface area contributed by atoms with Crippen LogP contribution in [0.2, 0.25) is 0 Å². The highest BCUT2D eigenvalue weighted by atomic mass is 16.5. The maximum Gasteiger partial charge on any atom is 0.407 e. The minimum Gasteiger partial charge on any atom is -0.480 e. The summed E-state index contributed by atoms with van der Waals surface area (Å²) in [6.45, 7) is 0.519. The summed E-state index contributed by atoms with van der Waals surface area (Å²) in [5.74, 6) is -1.28. The summed E-state index contributed by atoms with van der Waals surface area (Å²) in [5.41, 5.74) is 3.51. The highest BCUT2D eigenvalue weighted by molar-refractivity contribution is 5.87. The summed E-state index contributed by atoms with van der Waals surface area (Å²) < 4.78 is 5.47. The fraction of sp³-hybridized carbons (Fsp3) is 0.400. The van der Waals surface area contributed by atoms with E-state index < -0.39 is 17.6 Å². The van der Waals surface area contributed by atoms with E-state index in [2.05, 4.69) is 34.9 Å². The lowest BCUT2D eigenvalue weighted by Gasteiger charge is -2.25. The monoisotopic (exact) mass is 436 g/mol. The third-order valence-corrected chi connectivity index (χ3v) is 6.44. The molecule has 3 N–H and O–H groups in total. The number of hydrogen-bond acceptors (Lipinski definition) is 4. The molecule has 2 aromatic carbocycles. The normalized spacial score (nSPS) is 16.1. The summed E-state index contributed by atoms with van der Waals surface area (Å²) in [7, 11) is 0. The molecule has 2 aliphatic carbocycles. The van der Waals surface area contributed by atoms with Crippen LogP contribution >= 0.6 is 0 Å². The number of nitrogens with one attached hydrogen (secondary N) is 2. The van der Waals surface area contributed by atoms with Crippen molar-refractivity contribution >= 4 is 18.0 Å². The SMILES string of the molecule is O=C(CCCNC(=O)OCC1c2ccccc2-c2ccccc21)NC1(C(=O)O)CCCC1. The number of ether oxygens (including phenoxy) is 1. The van der Waals surface area contributed by atoms with Crippen LogP contribution in [0.3, 0.4) is 0 Å². The fourth-order valence-corrected chi connectivity index (χ4v) is 4.79. The molecular formula is C25H28N2O5. The van der Waals surface area contributed by atoms with E-state index in [0.717, 1.165) is 24.0 Å². The highest BCUT2D eigenvalue weighted by Gasteiger charge is 2.42. The molecule has 2 aromatic rings. The van der Waals surface area contributed by atoms with Gasteiger partial charge in [0.25, 0.3) is 0 Å². The minimum absolute atomic E-state index is 0.00227. The zero-order valence-corrected chi connectivity index (χ0v) is 17.9. The Balaban J connectivity index is 1.22. The van der Waals surface area contributed by atoms with Gasteiger partial charge in [0.2, 0.25) is 5.91 Å². The highest BCUT2D eigenvalue weighted by Crippen LogP contribution is 2.44. The number of alkyl carbamates (subject to hydrolysis) is 1. The Hall–Kier alpha value is -3.35. The summed E-state index contributed by atoms with van der Waals surface area (Å²) >= 11 is 0. The molecule has 0 aliphatic heterocycles. The number of hydrogen-bond donors (Lipinski definition) is 3. The molecule has 1 fully saturated rings. The van der Waals surface area contributed by atoms with E-state index in [1.807, 2.05) is 24.3 Å². The lowest BCUT2D eigenvalue weighted by molar-refractivity contribution is -0.147. The third-order valence-electron chi connectivity index (χ3n) is 6.44. The van der Waals surface area contributed by atoms with Crippen molar-refractivity contribution in [2.45, 2.75) is 50.0 Å². The van der Waals surface area contributed by atoms with Gasteiger partial charge in [-0.1, -0.05) is 61.4 Å². The Morgan fingerprint density at radius 3 is 2.16 bits per heavy atom. The maximum atomic E-state index is 12.2. The summed E-state index contributed by atoms with van der Waals surface area (Å²) in [4.78, 5) is 35.9. The van der Waals surface area contributed by atoms with E-state index >= 15 is 0 Å². The van der Waals surface area contributed by atoms with E-state index in [-0.39, 0.29) is 31.4 Å². The number of rotatable bonds is 8. The third kappa shape index (κ3) is 4.47. The average molecular weight is 437 g/mol. The maximum absolute atomic E-state index is 12.2.